The maximum absolute atomic E-state index is 5.83. The van der Waals surface area contributed by atoms with E-state index in [0.717, 1.165) is 33.9 Å². The van der Waals surface area contributed by atoms with Gasteiger partial charge in [0.25, 0.3) is 5.89 Å². The highest BCUT2D eigenvalue weighted by Gasteiger charge is 2.14. The third kappa shape index (κ3) is 3.94. The van der Waals surface area contributed by atoms with Gasteiger partial charge < -0.3 is 19.1 Å². The first kappa shape index (κ1) is 19.0. The van der Waals surface area contributed by atoms with E-state index in [9.17, 15) is 0 Å². The largest absolute Gasteiger partial charge is 0.483 e. The highest BCUT2D eigenvalue weighted by molar-refractivity contribution is 5.82. The molecule has 0 aliphatic heterocycles. The molecule has 29 heavy (non-hydrogen) atoms. The van der Waals surface area contributed by atoms with Crippen LogP contribution < -0.4 is 9.64 Å². The van der Waals surface area contributed by atoms with Gasteiger partial charge in [0.15, 0.2) is 6.61 Å². The van der Waals surface area contributed by atoms with E-state index in [1.165, 1.54) is 5.56 Å². The van der Waals surface area contributed by atoms with E-state index < -0.39 is 0 Å². The van der Waals surface area contributed by atoms with Gasteiger partial charge in [-0.3, -0.25) is 0 Å². The van der Waals surface area contributed by atoms with Crippen LogP contribution in [0.25, 0.3) is 22.4 Å². The molecule has 0 radical (unpaired) electrons. The molecule has 0 bridgehead atoms. The summed E-state index contributed by atoms with van der Waals surface area (Å²) in [5.74, 6) is 2.61. The van der Waals surface area contributed by atoms with Gasteiger partial charge in [0.05, 0.1) is 11.0 Å². The predicted molar refractivity (Wildman–Crippen MR) is 113 cm³/mol. The van der Waals surface area contributed by atoms with Crippen molar-refractivity contribution >= 4 is 17.0 Å². The summed E-state index contributed by atoms with van der Waals surface area (Å²) >= 11 is 0. The second-order valence-electron chi connectivity index (χ2n) is 7.57. The molecule has 0 fully saturated rings. The van der Waals surface area contributed by atoms with Crippen LogP contribution in [0, 0.1) is 13.8 Å². The second kappa shape index (κ2) is 7.58. The van der Waals surface area contributed by atoms with Crippen molar-refractivity contribution in [2.45, 2.75) is 40.3 Å². The highest BCUT2D eigenvalue weighted by atomic mass is 16.5. The van der Waals surface area contributed by atoms with Gasteiger partial charge in [-0.2, -0.15) is 4.98 Å². The summed E-state index contributed by atoms with van der Waals surface area (Å²) in [7, 11) is 2.02. The number of nitrogens with zero attached hydrogens (tertiary/aromatic N) is 4. The number of hydrogen-bond acceptors (Lipinski definition) is 6. The molecule has 0 saturated carbocycles. The zero-order valence-electron chi connectivity index (χ0n) is 17.4. The summed E-state index contributed by atoms with van der Waals surface area (Å²) in [6.45, 7) is 8.55. The fourth-order valence-electron chi connectivity index (χ4n) is 3.08. The molecule has 2 aromatic heterocycles. The third-order valence-corrected chi connectivity index (χ3v) is 4.99. The number of H-pyrrole nitrogens is 1. The molecule has 0 spiro atoms. The Kier molecular flexibility index (Phi) is 4.96. The number of fused-ring (bicyclic) bond motifs is 1. The SMILES string of the molecule is Cc1ccc(OCc2nc(-c3ccc4nc(N(C)C(C)C)[nH]c4c3)no2)c(C)c1. The molecule has 4 rings (SSSR count). The van der Waals surface area contributed by atoms with Crippen molar-refractivity contribution in [1.29, 1.82) is 0 Å². The van der Waals surface area contributed by atoms with Crippen LogP contribution in [0.4, 0.5) is 5.95 Å². The van der Waals surface area contributed by atoms with Crippen LogP contribution in [-0.4, -0.2) is 33.2 Å². The third-order valence-electron chi connectivity index (χ3n) is 4.99. The van der Waals surface area contributed by atoms with Crippen molar-refractivity contribution in [3.63, 3.8) is 0 Å². The summed E-state index contributed by atoms with van der Waals surface area (Å²) in [5.41, 5.74) is 4.98. The summed E-state index contributed by atoms with van der Waals surface area (Å²) in [6, 6.07) is 12.3. The Bertz CT molecular complexity index is 1150. The number of hydrogen-bond donors (Lipinski definition) is 1. The molecule has 0 atom stereocenters. The highest BCUT2D eigenvalue weighted by Crippen LogP contribution is 2.25. The van der Waals surface area contributed by atoms with E-state index in [2.05, 4.69) is 51.8 Å². The molecular formula is C22H25N5O2. The number of aromatic nitrogens is 4. The molecule has 7 nitrogen and oxygen atoms in total. The lowest BCUT2D eigenvalue weighted by atomic mass is 10.1. The molecule has 0 aliphatic carbocycles. The fourth-order valence-corrected chi connectivity index (χ4v) is 3.08. The Morgan fingerprint density at radius 1 is 1.10 bits per heavy atom. The molecule has 0 saturated heterocycles. The molecule has 7 heteroatoms. The summed E-state index contributed by atoms with van der Waals surface area (Å²) in [4.78, 5) is 14.6. The molecule has 2 aromatic carbocycles. The number of aromatic amines is 1. The quantitative estimate of drug-likeness (QED) is 0.515. The zero-order chi connectivity index (χ0) is 20.5. The standard InChI is InChI=1S/C22H25N5O2/c1-13(2)27(5)22-23-17-8-7-16(11-18(17)24-22)21-25-20(29-26-21)12-28-19-9-6-14(3)10-15(19)4/h6-11,13H,12H2,1-5H3,(H,23,24). The minimum atomic E-state index is 0.229. The average Bonchev–Trinajstić information content (AvgIpc) is 3.32. The van der Waals surface area contributed by atoms with Crippen LogP contribution in [0.1, 0.15) is 30.9 Å². The van der Waals surface area contributed by atoms with E-state index in [1.54, 1.807) is 0 Å². The number of anilines is 1. The number of imidazole rings is 1. The topological polar surface area (TPSA) is 80.1 Å². The van der Waals surface area contributed by atoms with Crippen molar-refractivity contribution in [2.75, 3.05) is 11.9 Å². The molecule has 0 unspecified atom stereocenters. The van der Waals surface area contributed by atoms with Crippen molar-refractivity contribution in [2.24, 2.45) is 0 Å². The minimum Gasteiger partial charge on any atom is -0.483 e. The number of rotatable bonds is 6. The van der Waals surface area contributed by atoms with E-state index in [0.29, 0.717) is 17.8 Å². The lowest BCUT2D eigenvalue weighted by Crippen LogP contribution is -2.26. The van der Waals surface area contributed by atoms with Crippen molar-refractivity contribution < 1.29 is 9.26 Å². The van der Waals surface area contributed by atoms with Gasteiger partial charge in [0.1, 0.15) is 5.75 Å². The molecule has 0 amide bonds. The van der Waals surface area contributed by atoms with Crippen LogP contribution >= 0.6 is 0 Å². The maximum atomic E-state index is 5.83. The summed E-state index contributed by atoms with van der Waals surface area (Å²) in [5, 5.41) is 4.10. The molecule has 1 N–H and O–H groups in total. The zero-order valence-corrected chi connectivity index (χ0v) is 17.4. The lowest BCUT2D eigenvalue weighted by molar-refractivity contribution is 0.241. The van der Waals surface area contributed by atoms with E-state index in [4.69, 9.17) is 9.26 Å². The second-order valence-corrected chi connectivity index (χ2v) is 7.57. The van der Waals surface area contributed by atoms with Gasteiger partial charge in [0, 0.05) is 18.7 Å². The summed E-state index contributed by atoms with van der Waals surface area (Å²) < 4.78 is 11.2. The Labute approximate surface area is 169 Å². The van der Waals surface area contributed by atoms with E-state index >= 15 is 0 Å². The van der Waals surface area contributed by atoms with Crippen LogP contribution in [0.5, 0.6) is 5.75 Å². The Balaban J connectivity index is 1.51. The van der Waals surface area contributed by atoms with Gasteiger partial charge in [0.2, 0.25) is 11.8 Å². The van der Waals surface area contributed by atoms with Crippen molar-refractivity contribution in [3.8, 4) is 17.1 Å². The molecular weight excluding hydrogens is 366 g/mol. The molecule has 150 valence electrons. The molecule has 4 aromatic rings. The van der Waals surface area contributed by atoms with Gasteiger partial charge in [-0.15, -0.1) is 0 Å². The van der Waals surface area contributed by atoms with Crippen LogP contribution in [0.15, 0.2) is 40.9 Å². The van der Waals surface area contributed by atoms with Gasteiger partial charge in [-0.05, 0) is 57.5 Å². The van der Waals surface area contributed by atoms with E-state index in [1.807, 2.05) is 44.3 Å². The van der Waals surface area contributed by atoms with Crippen LogP contribution in [0.2, 0.25) is 0 Å². The number of nitrogens with one attached hydrogen (secondary N) is 1. The van der Waals surface area contributed by atoms with E-state index in [-0.39, 0.29) is 6.61 Å². The van der Waals surface area contributed by atoms with Crippen molar-refractivity contribution in [1.82, 2.24) is 20.1 Å². The first-order chi connectivity index (χ1) is 13.9. The van der Waals surface area contributed by atoms with Gasteiger partial charge >= 0.3 is 0 Å². The van der Waals surface area contributed by atoms with Gasteiger partial charge in [-0.25, -0.2) is 4.98 Å². The summed E-state index contributed by atoms with van der Waals surface area (Å²) in [6.07, 6.45) is 0. The molecule has 0 aliphatic rings. The Morgan fingerprint density at radius 2 is 1.93 bits per heavy atom. The molecule has 2 heterocycles. The average molecular weight is 391 g/mol. The normalized spacial score (nSPS) is 11.4. The van der Waals surface area contributed by atoms with Crippen molar-refractivity contribution in [3.05, 3.63) is 53.4 Å². The Morgan fingerprint density at radius 3 is 2.69 bits per heavy atom. The Hall–Kier alpha value is -3.35. The number of ether oxygens (including phenoxy) is 1. The first-order valence-electron chi connectivity index (χ1n) is 9.66. The fraction of sp³-hybridized carbons (Fsp3) is 0.318. The number of aryl methyl sites for hydroxylation is 2. The predicted octanol–water partition coefficient (Wildman–Crippen LogP) is 4.65. The first-order valence-corrected chi connectivity index (χ1v) is 9.66. The van der Waals surface area contributed by atoms with Gasteiger partial charge in [-0.1, -0.05) is 22.9 Å². The number of benzene rings is 2. The lowest BCUT2D eigenvalue weighted by Gasteiger charge is -2.19. The minimum absolute atomic E-state index is 0.229. The van der Waals surface area contributed by atoms with Crippen LogP contribution in [0.3, 0.4) is 0 Å². The van der Waals surface area contributed by atoms with Crippen LogP contribution in [-0.2, 0) is 6.61 Å². The smallest absolute Gasteiger partial charge is 0.264 e. The maximum Gasteiger partial charge on any atom is 0.264 e. The monoisotopic (exact) mass is 391 g/mol.